The molecule has 0 heterocycles. The van der Waals surface area contributed by atoms with Crippen LogP contribution < -0.4 is 5.32 Å². The molecule has 0 atom stereocenters. The van der Waals surface area contributed by atoms with Crippen LogP contribution in [0.5, 0.6) is 0 Å². The van der Waals surface area contributed by atoms with Crippen molar-refractivity contribution in [2.75, 3.05) is 11.9 Å². The van der Waals surface area contributed by atoms with Gasteiger partial charge in [0.2, 0.25) is 0 Å². The Morgan fingerprint density at radius 1 is 1.29 bits per heavy atom. The third-order valence-electron chi connectivity index (χ3n) is 2.09. The zero-order valence-electron chi connectivity index (χ0n) is 10.3. The molecule has 0 aliphatic rings. The third kappa shape index (κ3) is 4.26. The molecule has 0 spiro atoms. The molecule has 0 saturated carbocycles. The minimum Gasteiger partial charge on any atom is -0.449 e. The van der Waals surface area contributed by atoms with Gasteiger partial charge in [-0.05, 0) is 25.0 Å². The van der Waals surface area contributed by atoms with Crippen LogP contribution in [0.3, 0.4) is 0 Å². The average molecular weight is 235 g/mol. The number of hydrogen-bond acceptors (Lipinski definition) is 3. The number of rotatable bonds is 4. The molecule has 1 aromatic rings. The summed E-state index contributed by atoms with van der Waals surface area (Å²) in [6.45, 7) is 5.72. The Labute approximate surface area is 101 Å². The first-order chi connectivity index (χ1) is 8.00. The molecular formula is C13H17NO3. The molecule has 4 nitrogen and oxygen atoms in total. The second-order valence-electron chi connectivity index (χ2n) is 4.22. The van der Waals surface area contributed by atoms with Crippen molar-refractivity contribution in [1.82, 2.24) is 0 Å². The van der Waals surface area contributed by atoms with Gasteiger partial charge in [-0.25, -0.2) is 4.79 Å². The molecule has 4 heteroatoms. The zero-order chi connectivity index (χ0) is 12.8. The zero-order valence-corrected chi connectivity index (χ0v) is 10.3. The van der Waals surface area contributed by atoms with Gasteiger partial charge in [-0.1, -0.05) is 26.0 Å². The minimum absolute atomic E-state index is 0.0928. The fraction of sp³-hybridized carbons (Fsp3) is 0.385. The predicted molar refractivity (Wildman–Crippen MR) is 66.3 cm³/mol. The lowest BCUT2D eigenvalue weighted by Crippen LogP contribution is -2.18. The predicted octanol–water partition coefficient (Wildman–Crippen LogP) is 3.09. The highest BCUT2D eigenvalue weighted by Crippen LogP contribution is 2.15. The SMILES string of the molecule is CC(=O)c1ccccc1NC(=O)OCC(C)C. The number of carbonyl (C=O) groups is 2. The van der Waals surface area contributed by atoms with Gasteiger partial charge in [0, 0.05) is 5.56 Å². The highest BCUT2D eigenvalue weighted by atomic mass is 16.5. The number of ether oxygens (including phenoxy) is 1. The largest absolute Gasteiger partial charge is 0.449 e. The summed E-state index contributed by atoms with van der Waals surface area (Å²) < 4.78 is 4.98. The lowest BCUT2D eigenvalue weighted by molar-refractivity contribution is 0.101. The lowest BCUT2D eigenvalue weighted by atomic mass is 10.1. The van der Waals surface area contributed by atoms with E-state index in [9.17, 15) is 9.59 Å². The Morgan fingerprint density at radius 3 is 2.53 bits per heavy atom. The van der Waals surface area contributed by atoms with Gasteiger partial charge in [-0.3, -0.25) is 10.1 Å². The van der Waals surface area contributed by atoms with Crippen molar-refractivity contribution in [3.05, 3.63) is 29.8 Å². The lowest BCUT2D eigenvalue weighted by Gasteiger charge is -2.10. The summed E-state index contributed by atoms with van der Waals surface area (Å²) in [6.07, 6.45) is -0.535. The Kier molecular flexibility index (Phi) is 4.69. The first-order valence-electron chi connectivity index (χ1n) is 5.54. The van der Waals surface area contributed by atoms with E-state index in [-0.39, 0.29) is 11.7 Å². The second kappa shape index (κ2) is 6.03. The number of anilines is 1. The van der Waals surface area contributed by atoms with Crippen LogP contribution in [0.15, 0.2) is 24.3 Å². The van der Waals surface area contributed by atoms with Crippen molar-refractivity contribution in [1.29, 1.82) is 0 Å². The van der Waals surface area contributed by atoms with E-state index < -0.39 is 6.09 Å². The molecule has 0 bridgehead atoms. The van der Waals surface area contributed by atoms with Gasteiger partial charge in [0.25, 0.3) is 0 Å². The van der Waals surface area contributed by atoms with E-state index in [1.165, 1.54) is 6.92 Å². The third-order valence-corrected chi connectivity index (χ3v) is 2.09. The molecule has 0 aliphatic carbocycles. The van der Waals surface area contributed by atoms with E-state index >= 15 is 0 Å². The van der Waals surface area contributed by atoms with Crippen LogP contribution in [0, 0.1) is 5.92 Å². The van der Waals surface area contributed by atoms with Crippen molar-refractivity contribution in [2.45, 2.75) is 20.8 Å². The molecule has 0 saturated heterocycles. The highest BCUT2D eigenvalue weighted by Gasteiger charge is 2.10. The van der Waals surface area contributed by atoms with Gasteiger partial charge in [-0.15, -0.1) is 0 Å². The Morgan fingerprint density at radius 2 is 1.94 bits per heavy atom. The van der Waals surface area contributed by atoms with Crippen LogP contribution in [0.25, 0.3) is 0 Å². The summed E-state index contributed by atoms with van der Waals surface area (Å²) in [6, 6.07) is 6.85. The summed E-state index contributed by atoms with van der Waals surface area (Å²) in [5.74, 6) is 0.188. The summed E-state index contributed by atoms with van der Waals surface area (Å²) in [5, 5.41) is 2.57. The minimum atomic E-state index is -0.535. The van der Waals surface area contributed by atoms with E-state index in [0.717, 1.165) is 0 Å². The maximum Gasteiger partial charge on any atom is 0.411 e. The van der Waals surface area contributed by atoms with Crippen molar-refractivity contribution in [2.24, 2.45) is 5.92 Å². The van der Waals surface area contributed by atoms with Crippen molar-refractivity contribution in [3.63, 3.8) is 0 Å². The van der Waals surface area contributed by atoms with E-state index in [4.69, 9.17) is 4.74 Å². The smallest absolute Gasteiger partial charge is 0.411 e. The number of benzene rings is 1. The van der Waals surface area contributed by atoms with Gasteiger partial charge in [0.1, 0.15) is 0 Å². The van der Waals surface area contributed by atoms with Gasteiger partial charge in [0.05, 0.1) is 12.3 Å². The topological polar surface area (TPSA) is 55.4 Å². The van der Waals surface area contributed by atoms with Gasteiger partial charge < -0.3 is 4.74 Å². The average Bonchev–Trinajstić information content (AvgIpc) is 2.27. The van der Waals surface area contributed by atoms with Crippen LogP contribution >= 0.6 is 0 Å². The number of ketones is 1. The fourth-order valence-corrected chi connectivity index (χ4v) is 1.29. The second-order valence-corrected chi connectivity index (χ2v) is 4.22. The van der Waals surface area contributed by atoms with Crippen molar-refractivity contribution in [3.8, 4) is 0 Å². The normalized spacial score (nSPS) is 10.1. The van der Waals surface area contributed by atoms with Gasteiger partial charge in [0.15, 0.2) is 5.78 Å². The number of hydrogen-bond donors (Lipinski definition) is 1. The van der Waals surface area contributed by atoms with Crippen molar-refractivity contribution >= 4 is 17.6 Å². The van der Waals surface area contributed by atoms with E-state index in [1.54, 1.807) is 24.3 Å². The molecule has 0 fully saturated rings. The van der Waals surface area contributed by atoms with E-state index in [0.29, 0.717) is 17.9 Å². The molecule has 0 radical (unpaired) electrons. The molecule has 0 aliphatic heterocycles. The highest BCUT2D eigenvalue weighted by molar-refractivity contribution is 6.02. The number of nitrogens with one attached hydrogen (secondary N) is 1. The molecular weight excluding hydrogens is 218 g/mol. The first kappa shape index (κ1) is 13.2. The Hall–Kier alpha value is -1.84. The molecule has 1 N–H and O–H groups in total. The number of amides is 1. The summed E-state index contributed by atoms with van der Waals surface area (Å²) in [5.41, 5.74) is 0.961. The summed E-state index contributed by atoms with van der Waals surface area (Å²) in [7, 11) is 0. The fourth-order valence-electron chi connectivity index (χ4n) is 1.29. The standard InChI is InChI=1S/C13H17NO3/c1-9(2)8-17-13(16)14-12-7-5-4-6-11(12)10(3)15/h4-7,9H,8H2,1-3H3,(H,14,16). The monoisotopic (exact) mass is 235 g/mol. The maximum atomic E-state index is 11.4. The number of carbonyl (C=O) groups excluding carboxylic acids is 2. The van der Waals surface area contributed by atoms with Crippen LogP contribution in [0.1, 0.15) is 31.1 Å². The molecule has 92 valence electrons. The molecule has 0 aromatic heterocycles. The Balaban J connectivity index is 2.68. The molecule has 1 aromatic carbocycles. The van der Waals surface area contributed by atoms with E-state index in [1.807, 2.05) is 13.8 Å². The van der Waals surface area contributed by atoms with Crippen LogP contribution in [-0.2, 0) is 4.74 Å². The summed E-state index contributed by atoms with van der Waals surface area (Å²) in [4.78, 5) is 22.8. The molecule has 1 amide bonds. The van der Waals surface area contributed by atoms with Gasteiger partial charge in [-0.2, -0.15) is 0 Å². The molecule has 17 heavy (non-hydrogen) atoms. The number of para-hydroxylation sites is 1. The first-order valence-corrected chi connectivity index (χ1v) is 5.54. The van der Waals surface area contributed by atoms with Crippen LogP contribution in [0.2, 0.25) is 0 Å². The van der Waals surface area contributed by atoms with Gasteiger partial charge >= 0.3 is 6.09 Å². The molecule has 0 unspecified atom stereocenters. The maximum absolute atomic E-state index is 11.4. The Bertz CT molecular complexity index is 413. The van der Waals surface area contributed by atoms with E-state index in [2.05, 4.69) is 5.32 Å². The number of Topliss-reactive ketones (excluding diaryl/α,β-unsaturated/α-hetero) is 1. The quantitative estimate of drug-likeness (QED) is 0.816. The molecule has 1 rings (SSSR count). The van der Waals surface area contributed by atoms with Crippen LogP contribution in [0.4, 0.5) is 10.5 Å². The summed E-state index contributed by atoms with van der Waals surface area (Å²) >= 11 is 0. The van der Waals surface area contributed by atoms with Crippen molar-refractivity contribution < 1.29 is 14.3 Å². The van der Waals surface area contributed by atoms with Crippen LogP contribution in [-0.4, -0.2) is 18.5 Å².